The van der Waals surface area contributed by atoms with Gasteiger partial charge in [-0.2, -0.15) is 17.7 Å². The molecule has 13 heavy (non-hydrogen) atoms. The first-order valence-corrected chi connectivity index (χ1v) is 6.10. The third-order valence-corrected chi connectivity index (χ3v) is 0. The van der Waals surface area contributed by atoms with Gasteiger partial charge < -0.3 is 9.11 Å². The van der Waals surface area contributed by atoms with Crippen molar-refractivity contribution in [1.29, 1.82) is 0 Å². The van der Waals surface area contributed by atoms with Gasteiger partial charge in [0.25, 0.3) is 9.05 Å². The van der Waals surface area contributed by atoms with Gasteiger partial charge in [0.15, 0.2) is 0 Å². The van der Waals surface area contributed by atoms with Gasteiger partial charge in [-0.15, -0.1) is 9.05 Å². The summed E-state index contributed by atoms with van der Waals surface area (Å²) in [5.41, 5.74) is 0. The quantitative estimate of drug-likeness (QED) is 0.399. The number of hydrogen-bond acceptors (Lipinski definition) is 6. The van der Waals surface area contributed by atoms with Gasteiger partial charge >= 0.3 is 51.9 Å². The number of hydrogen-bond donors (Lipinski definition) is 2. The number of rotatable bonds is 0. The van der Waals surface area contributed by atoms with E-state index in [4.69, 9.17) is 26.6 Å². The molecule has 0 aromatic heterocycles. The molecule has 0 amide bonds. The van der Waals surface area contributed by atoms with E-state index in [1.807, 2.05) is 0 Å². The minimum atomic E-state index is -4.33. The van der Waals surface area contributed by atoms with E-state index in [0.29, 0.717) is 0 Å². The maximum atomic E-state index is 9.11. The monoisotopic (exact) mass is 390 g/mol. The predicted molar refractivity (Wildman–Crippen MR) is 48.2 cm³/mol. The van der Waals surface area contributed by atoms with Crippen molar-refractivity contribution in [3.8, 4) is 0 Å². The molecule has 0 radical (unpaired) electrons. The van der Waals surface area contributed by atoms with Gasteiger partial charge in [0.1, 0.15) is 0 Å². The van der Waals surface area contributed by atoms with Crippen LogP contribution in [-0.2, 0) is 62.9 Å². The zero-order valence-corrected chi connectivity index (χ0v) is 13.7. The van der Waals surface area contributed by atoms with Crippen LogP contribution in [0, 0.1) is 0 Å². The Labute approximate surface area is 131 Å². The maximum absolute atomic E-state index is 9.11. The van der Waals surface area contributed by atoms with Crippen LogP contribution in [0.2, 0.25) is 0 Å². The molecular weight excluding hydrogens is 387 g/mol. The second-order valence-corrected chi connectivity index (χ2v) is 5.10. The van der Waals surface area contributed by atoms with Crippen LogP contribution in [0.4, 0.5) is 0 Å². The van der Waals surface area contributed by atoms with Gasteiger partial charge in [-0.25, -0.2) is 0 Å². The fraction of sp³-hybridized carbons (Fsp3) is 0. The summed E-state index contributed by atoms with van der Waals surface area (Å²) in [4.78, 5) is 0. The summed E-state index contributed by atoms with van der Waals surface area (Å²) in [7, 11) is -8.17. The van der Waals surface area contributed by atoms with Crippen molar-refractivity contribution in [3.05, 3.63) is 0 Å². The van der Waals surface area contributed by atoms with Crippen molar-refractivity contribution in [1.82, 2.24) is 0 Å². The molecule has 2 N–H and O–H groups in total. The van der Waals surface area contributed by atoms with Crippen LogP contribution < -0.4 is 29.6 Å². The fourth-order valence-corrected chi connectivity index (χ4v) is 0. The van der Waals surface area contributed by atoms with Crippen molar-refractivity contribution in [3.63, 3.8) is 0 Å². The molecule has 0 saturated heterocycles. The molecule has 82 valence electrons. The molecule has 0 saturated carbocycles. The first-order valence-electron chi connectivity index (χ1n) is 1.37. The van der Waals surface area contributed by atoms with E-state index in [9.17, 15) is 0 Å². The largest absolute Gasteiger partial charge is 1.00 e. The van der Waals surface area contributed by atoms with Gasteiger partial charge in [0, 0.05) is 11.2 Å². The molecule has 0 aliphatic carbocycles. The topological polar surface area (TPSA) is 121 Å². The molecule has 0 unspecified atom stereocenters. The van der Waals surface area contributed by atoms with Crippen LogP contribution in [0.5, 0.6) is 0 Å². The second kappa shape index (κ2) is 12.7. The Kier molecular flexibility index (Phi) is 29.0. The molecule has 0 spiro atoms. The Morgan fingerprint density at radius 1 is 1.08 bits per heavy atom. The Morgan fingerprint density at radius 2 is 1.08 bits per heavy atom. The summed E-state index contributed by atoms with van der Waals surface area (Å²) in [5, 5.41) is 0. The molecular formula is H4AgNaO6S5. The third kappa shape index (κ3) is 330. The van der Waals surface area contributed by atoms with Crippen molar-refractivity contribution in [2.45, 2.75) is 0 Å². The SMILES string of the molecule is O=S(O)(O)=S.O=S([O-])([O-])=S.S.[Ag+].[Na+]. The molecule has 0 aromatic carbocycles. The average molecular weight is 391 g/mol. The summed E-state index contributed by atoms with van der Waals surface area (Å²) in [6.07, 6.45) is 0. The van der Waals surface area contributed by atoms with Crippen LogP contribution in [-0.4, -0.2) is 26.6 Å². The Morgan fingerprint density at radius 3 is 1.08 bits per heavy atom. The van der Waals surface area contributed by atoms with Crippen molar-refractivity contribution in [2.24, 2.45) is 0 Å². The standard InChI is InChI=1S/Ag.Na.2H2O3S2.H2S/c;;2*1-5(2,3)4;/h;;2*(H2,1,2,3,4);1H2/q2*+1;;;/p-2. The van der Waals surface area contributed by atoms with E-state index < -0.39 is 18.1 Å². The van der Waals surface area contributed by atoms with E-state index in [-0.39, 0.29) is 65.4 Å². The van der Waals surface area contributed by atoms with Gasteiger partial charge in [-0.1, -0.05) is 0 Å². The molecule has 6 nitrogen and oxygen atoms in total. The van der Waals surface area contributed by atoms with Crippen molar-refractivity contribution >= 4 is 54.0 Å². The molecule has 0 atom stereocenters. The summed E-state index contributed by atoms with van der Waals surface area (Å²) < 4.78 is 50.6. The van der Waals surface area contributed by atoms with E-state index in [1.54, 1.807) is 0 Å². The van der Waals surface area contributed by atoms with Crippen LogP contribution in [0.25, 0.3) is 0 Å². The van der Waals surface area contributed by atoms with Crippen molar-refractivity contribution < 1.29 is 78.6 Å². The molecule has 0 bridgehead atoms. The van der Waals surface area contributed by atoms with E-state index in [2.05, 4.69) is 22.4 Å². The summed E-state index contributed by atoms with van der Waals surface area (Å²) in [5.74, 6) is 0. The molecule has 0 rings (SSSR count). The fourth-order valence-electron chi connectivity index (χ4n) is 0. The Hall–Kier alpha value is 2.67. The van der Waals surface area contributed by atoms with E-state index in [1.165, 1.54) is 0 Å². The summed E-state index contributed by atoms with van der Waals surface area (Å²) in [6.45, 7) is 0. The van der Waals surface area contributed by atoms with Gasteiger partial charge in [0.2, 0.25) is 0 Å². The zero-order chi connectivity index (χ0) is 9.00. The smallest absolute Gasteiger partial charge is 0.780 e. The normalized spacial score (nSPS) is 8.92. The average Bonchev–Trinajstić information content (AvgIpc) is 1.12. The first-order chi connectivity index (χ1) is 4.00. The molecule has 0 fully saturated rings. The second-order valence-electron chi connectivity index (χ2n) is 0.856. The molecule has 0 aliphatic rings. The summed E-state index contributed by atoms with van der Waals surface area (Å²) >= 11 is 6.71. The zero-order valence-electron chi connectivity index (χ0n) is 5.96. The minimum Gasteiger partial charge on any atom is -0.780 e. The van der Waals surface area contributed by atoms with Gasteiger partial charge in [-0.3, -0.25) is 13.3 Å². The van der Waals surface area contributed by atoms with Gasteiger partial charge in [0.05, 0.1) is 0 Å². The first kappa shape index (κ1) is 29.6. The molecule has 13 heteroatoms. The van der Waals surface area contributed by atoms with Crippen LogP contribution >= 0.6 is 13.5 Å². The molecule has 0 aliphatic heterocycles. The van der Waals surface area contributed by atoms with Crippen LogP contribution in [0.1, 0.15) is 0 Å². The summed E-state index contributed by atoms with van der Waals surface area (Å²) in [6, 6.07) is 0. The van der Waals surface area contributed by atoms with Crippen molar-refractivity contribution in [2.75, 3.05) is 0 Å². The van der Waals surface area contributed by atoms with Crippen LogP contribution in [0.15, 0.2) is 0 Å². The minimum absolute atomic E-state index is 0. The van der Waals surface area contributed by atoms with Gasteiger partial charge in [-0.05, 0) is 11.2 Å². The Balaban J connectivity index is -0.0000000267. The third-order valence-electron chi connectivity index (χ3n) is 0. The molecule has 0 heterocycles. The van der Waals surface area contributed by atoms with Crippen LogP contribution in [0.3, 0.4) is 0 Å². The maximum Gasteiger partial charge on any atom is 1.00 e. The van der Waals surface area contributed by atoms with E-state index in [0.717, 1.165) is 0 Å². The Bertz CT molecular complexity index is 217. The predicted octanol–water partition coefficient (Wildman–Crippen LogP) is -4.21. The molecule has 0 aromatic rings. The van der Waals surface area contributed by atoms with E-state index >= 15 is 0 Å².